The molecule has 1 heterocycles. The van der Waals surface area contributed by atoms with Crippen LogP contribution in [-0.2, 0) is 23.9 Å². The van der Waals surface area contributed by atoms with Crippen LogP contribution in [-0.4, -0.2) is 69.5 Å². The molecule has 1 aliphatic heterocycles. The Kier molecular flexibility index (Phi) is 6.67. The minimum absolute atomic E-state index is 0.488. The van der Waals surface area contributed by atoms with Gasteiger partial charge in [-0.25, -0.2) is 0 Å². The van der Waals surface area contributed by atoms with Crippen LogP contribution >= 0.6 is 0 Å². The van der Waals surface area contributed by atoms with Crippen molar-refractivity contribution in [2.24, 2.45) is 0 Å². The van der Waals surface area contributed by atoms with Crippen molar-refractivity contribution in [1.82, 2.24) is 10.6 Å². The lowest BCUT2D eigenvalue weighted by atomic mass is 9.90. The van der Waals surface area contributed by atoms with Gasteiger partial charge in [0.05, 0.1) is 30.7 Å². The summed E-state index contributed by atoms with van der Waals surface area (Å²) in [6, 6.07) is -2.14. The van der Waals surface area contributed by atoms with Gasteiger partial charge in [0.2, 0.25) is 11.8 Å². The Bertz CT molecular complexity index is 479. The first-order valence-corrected chi connectivity index (χ1v) is 7.45. The van der Waals surface area contributed by atoms with Gasteiger partial charge in [-0.1, -0.05) is 0 Å². The van der Waals surface area contributed by atoms with Crippen LogP contribution in [0.25, 0.3) is 0 Å². The highest BCUT2D eigenvalue weighted by Gasteiger charge is 2.52. The van der Waals surface area contributed by atoms with E-state index in [0.717, 1.165) is 6.92 Å². The first-order valence-electron chi connectivity index (χ1n) is 7.45. The van der Waals surface area contributed by atoms with Crippen molar-refractivity contribution in [2.45, 2.75) is 70.5 Å². The molecule has 0 aromatic heterocycles. The first kappa shape index (κ1) is 20.3. The normalized spacial score (nSPS) is 32.4. The zero-order chi connectivity index (χ0) is 18.7. The number of nitrogens with one attached hydrogen (secondary N) is 2. The van der Waals surface area contributed by atoms with E-state index in [2.05, 4.69) is 10.6 Å². The van der Waals surface area contributed by atoms with Crippen LogP contribution in [0.3, 0.4) is 0 Å². The molecule has 5 N–H and O–H groups in total. The average Bonchev–Trinajstić information content (AvgIpc) is 2.37. The molecule has 0 saturated carbocycles. The molecule has 6 atom stereocenters. The molecule has 1 rings (SSSR count). The maximum absolute atomic E-state index is 11.4. The van der Waals surface area contributed by atoms with Gasteiger partial charge < -0.3 is 35.4 Å². The summed E-state index contributed by atoms with van der Waals surface area (Å²) in [4.78, 5) is 33.9. The van der Waals surface area contributed by atoms with Gasteiger partial charge in [0.25, 0.3) is 0 Å². The highest BCUT2D eigenvalue weighted by molar-refractivity contribution is 5.74. The molecule has 0 radical (unpaired) electrons. The number of ether oxygens (including phenoxy) is 2. The van der Waals surface area contributed by atoms with Crippen LogP contribution in [0.15, 0.2) is 0 Å². The fourth-order valence-electron chi connectivity index (χ4n) is 2.66. The second-order valence-corrected chi connectivity index (χ2v) is 5.85. The van der Waals surface area contributed by atoms with Crippen LogP contribution in [0.2, 0.25) is 0 Å². The standard InChI is InChI=1S/C14H24N2O8/c1-6(17)11(15-7(2)18)13-12(16-8(3)19)10(21)5-14(22,24-13)23-9(4)20/h6,10-13,17,21-22H,5H2,1-4H3,(H,15,18)(H,16,19)/t6-,10?,11-,12?,13?,14?/m1/s1. The van der Waals surface area contributed by atoms with E-state index in [9.17, 15) is 29.7 Å². The molecular weight excluding hydrogens is 324 g/mol. The minimum atomic E-state index is -2.45. The van der Waals surface area contributed by atoms with Crippen LogP contribution in [0.5, 0.6) is 0 Å². The third-order valence-corrected chi connectivity index (χ3v) is 3.47. The average molecular weight is 348 g/mol. The Morgan fingerprint density at radius 2 is 1.83 bits per heavy atom. The number of esters is 1. The third-order valence-electron chi connectivity index (χ3n) is 3.47. The number of aliphatic hydroxyl groups excluding tert-OH is 2. The first-order chi connectivity index (χ1) is 10.9. The number of hydrogen-bond acceptors (Lipinski definition) is 8. The summed E-state index contributed by atoms with van der Waals surface area (Å²) < 4.78 is 10.1. The monoisotopic (exact) mass is 348 g/mol. The van der Waals surface area contributed by atoms with Gasteiger partial charge >= 0.3 is 11.9 Å². The molecule has 1 saturated heterocycles. The number of carbonyl (C=O) groups is 3. The second-order valence-electron chi connectivity index (χ2n) is 5.85. The van der Waals surface area contributed by atoms with Crippen molar-refractivity contribution < 1.29 is 39.2 Å². The molecule has 0 aromatic rings. The third kappa shape index (κ3) is 5.41. The summed E-state index contributed by atoms with van der Waals surface area (Å²) in [6.45, 7) is 4.83. The van der Waals surface area contributed by atoms with Gasteiger partial charge in [-0.2, -0.15) is 0 Å². The molecule has 24 heavy (non-hydrogen) atoms. The molecule has 138 valence electrons. The molecule has 10 nitrogen and oxygen atoms in total. The highest BCUT2D eigenvalue weighted by Crippen LogP contribution is 2.31. The Labute approximate surface area is 139 Å². The Hall–Kier alpha value is -1.75. The van der Waals surface area contributed by atoms with E-state index in [0.29, 0.717) is 0 Å². The Morgan fingerprint density at radius 3 is 2.25 bits per heavy atom. The zero-order valence-electron chi connectivity index (χ0n) is 14.0. The summed E-state index contributed by atoms with van der Waals surface area (Å²) in [5.41, 5.74) is 0. The van der Waals surface area contributed by atoms with Gasteiger partial charge in [-0.3, -0.25) is 14.4 Å². The molecular formula is C14H24N2O8. The highest BCUT2D eigenvalue weighted by atomic mass is 16.8. The van der Waals surface area contributed by atoms with Gasteiger partial charge in [0.15, 0.2) is 0 Å². The quantitative estimate of drug-likeness (QED) is 0.275. The number of rotatable bonds is 5. The number of hydrogen-bond donors (Lipinski definition) is 5. The summed E-state index contributed by atoms with van der Waals surface area (Å²) in [6.07, 6.45) is -4.28. The maximum Gasteiger partial charge on any atom is 0.329 e. The summed E-state index contributed by atoms with van der Waals surface area (Å²) in [5.74, 6) is -4.29. The van der Waals surface area contributed by atoms with Crippen molar-refractivity contribution in [3.63, 3.8) is 0 Å². The molecule has 0 spiro atoms. The van der Waals surface area contributed by atoms with E-state index in [1.165, 1.54) is 20.8 Å². The van der Waals surface area contributed by atoms with E-state index in [-0.39, 0.29) is 0 Å². The lowest BCUT2D eigenvalue weighted by Crippen LogP contribution is -2.68. The number of amides is 2. The van der Waals surface area contributed by atoms with E-state index < -0.39 is 60.6 Å². The summed E-state index contributed by atoms with van der Waals surface area (Å²) in [5, 5.41) is 35.3. The fourth-order valence-corrected chi connectivity index (χ4v) is 2.66. The van der Waals surface area contributed by atoms with Crippen LogP contribution in [0.4, 0.5) is 0 Å². The molecule has 10 heteroatoms. The van der Waals surface area contributed by atoms with Crippen LogP contribution < -0.4 is 10.6 Å². The maximum atomic E-state index is 11.4. The SMILES string of the molecule is CC(=O)NC1C(O)CC(O)(OC(C)=O)OC1[C@H](NC(C)=O)[C@@H](C)O. The summed E-state index contributed by atoms with van der Waals surface area (Å²) in [7, 11) is 0. The predicted molar refractivity (Wildman–Crippen MR) is 79.1 cm³/mol. The molecule has 0 aliphatic carbocycles. The van der Waals surface area contributed by atoms with E-state index in [1.54, 1.807) is 0 Å². The lowest BCUT2D eigenvalue weighted by molar-refractivity contribution is -0.390. The molecule has 1 fully saturated rings. The Balaban J connectivity index is 3.18. The van der Waals surface area contributed by atoms with Crippen molar-refractivity contribution in [3.8, 4) is 0 Å². The predicted octanol–water partition coefficient (Wildman–Crippen LogP) is -2.26. The van der Waals surface area contributed by atoms with Crippen molar-refractivity contribution in [2.75, 3.05) is 0 Å². The molecule has 1 aliphatic rings. The van der Waals surface area contributed by atoms with Crippen molar-refractivity contribution in [3.05, 3.63) is 0 Å². The van der Waals surface area contributed by atoms with Crippen molar-refractivity contribution in [1.29, 1.82) is 0 Å². The second kappa shape index (κ2) is 7.88. The lowest BCUT2D eigenvalue weighted by Gasteiger charge is -2.46. The summed E-state index contributed by atoms with van der Waals surface area (Å²) >= 11 is 0. The number of carbonyl (C=O) groups excluding carboxylic acids is 3. The van der Waals surface area contributed by atoms with E-state index >= 15 is 0 Å². The number of aliphatic hydroxyl groups is 3. The van der Waals surface area contributed by atoms with Gasteiger partial charge in [-0.15, -0.1) is 0 Å². The molecule has 0 aromatic carbocycles. The van der Waals surface area contributed by atoms with Crippen LogP contribution in [0.1, 0.15) is 34.1 Å². The van der Waals surface area contributed by atoms with E-state index in [1.807, 2.05) is 0 Å². The smallest absolute Gasteiger partial charge is 0.329 e. The van der Waals surface area contributed by atoms with Gasteiger partial charge in [0.1, 0.15) is 6.10 Å². The molecule has 2 amide bonds. The topological polar surface area (TPSA) is 154 Å². The molecule has 0 bridgehead atoms. The minimum Gasteiger partial charge on any atom is -0.408 e. The van der Waals surface area contributed by atoms with Crippen molar-refractivity contribution >= 4 is 17.8 Å². The van der Waals surface area contributed by atoms with E-state index in [4.69, 9.17) is 9.47 Å². The zero-order valence-corrected chi connectivity index (χ0v) is 14.0. The van der Waals surface area contributed by atoms with Gasteiger partial charge in [-0.05, 0) is 6.92 Å². The fraction of sp³-hybridized carbons (Fsp3) is 0.786. The Morgan fingerprint density at radius 1 is 1.25 bits per heavy atom. The van der Waals surface area contributed by atoms with Gasteiger partial charge in [0, 0.05) is 20.8 Å². The molecule has 4 unspecified atom stereocenters. The van der Waals surface area contributed by atoms with Crippen LogP contribution in [0, 0.1) is 0 Å². The largest absolute Gasteiger partial charge is 0.408 e.